The van der Waals surface area contributed by atoms with Gasteiger partial charge in [-0.1, -0.05) is 13.8 Å². The van der Waals surface area contributed by atoms with Crippen LogP contribution in [0.5, 0.6) is 0 Å². The first kappa shape index (κ1) is 12.8. The van der Waals surface area contributed by atoms with Crippen LogP contribution in [0.15, 0.2) is 18.5 Å². The average Bonchev–Trinajstić information content (AvgIpc) is 2.62. The molecule has 0 fully saturated rings. The Balaban J connectivity index is 0.000000606. The number of hydrogen-bond donors (Lipinski definition) is 0. The van der Waals surface area contributed by atoms with Gasteiger partial charge in [-0.15, -0.1) is 11.3 Å². The number of thiazole rings is 1. The number of aryl methyl sites for hydroxylation is 2. The summed E-state index contributed by atoms with van der Waals surface area (Å²) in [6.07, 6.45) is 2.82. The summed E-state index contributed by atoms with van der Waals surface area (Å²) in [5.41, 5.74) is 1.74. The normalized spacial score (nSPS) is 9.56. The van der Waals surface area contributed by atoms with Crippen molar-refractivity contribution >= 4 is 11.3 Å². The fourth-order valence-electron chi connectivity index (χ4n) is 1.13. The predicted molar refractivity (Wildman–Crippen MR) is 66.1 cm³/mol. The van der Waals surface area contributed by atoms with Crippen LogP contribution in [0.3, 0.4) is 0 Å². The molecule has 4 heteroatoms. The van der Waals surface area contributed by atoms with Crippen molar-refractivity contribution in [3.63, 3.8) is 0 Å². The van der Waals surface area contributed by atoms with Gasteiger partial charge in [-0.05, 0) is 19.9 Å². The molecule has 2 aromatic rings. The molecular formula is C12H15FN2S. The third kappa shape index (κ3) is 2.85. The van der Waals surface area contributed by atoms with Crippen LogP contribution in [0.2, 0.25) is 0 Å². The van der Waals surface area contributed by atoms with Crippen molar-refractivity contribution in [2.75, 3.05) is 0 Å². The van der Waals surface area contributed by atoms with Gasteiger partial charge < -0.3 is 0 Å². The van der Waals surface area contributed by atoms with E-state index in [-0.39, 0.29) is 5.82 Å². The lowest BCUT2D eigenvalue weighted by Gasteiger charge is -1.93. The summed E-state index contributed by atoms with van der Waals surface area (Å²) in [5, 5.41) is 0.826. The van der Waals surface area contributed by atoms with Gasteiger partial charge in [-0.3, -0.25) is 4.98 Å². The van der Waals surface area contributed by atoms with Crippen molar-refractivity contribution in [1.29, 1.82) is 0 Å². The molecule has 0 aliphatic carbocycles. The first-order chi connectivity index (χ1) is 7.66. The van der Waals surface area contributed by atoms with Gasteiger partial charge in [0.05, 0.1) is 11.9 Å². The van der Waals surface area contributed by atoms with Crippen LogP contribution in [0.25, 0.3) is 10.6 Å². The van der Waals surface area contributed by atoms with Crippen LogP contribution in [0.4, 0.5) is 4.39 Å². The standard InChI is InChI=1S/C10H9FN2S.C2H6/c1-6-7(2)14-10(13-6)8-3-9(11)5-12-4-8;1-2/h3-5H,1-2H3;1-2H3. The summed E-state index contributed by atoms with van der Waals surface area (Å²) in [6, 6.07) is 1.45. The summed E-state index contributed by atoms with van der Waals surface area (Å²) in [5.74, 6) is -0.326. The SMILES string of the molecule is CC.Cc1nc(-c2cncc(F)c2)sc1C. The Kier molecular flexibility index (Phi) is 4.55. The average molecular weight is 238 g/mol. The topological polar surface area (TPSA) is 25.8 Å². The van der Waals surface area contributed by atoms with Gasteiger partial charge in [-0.25, -0.2) is 9.37 Å². The molecule has 0 aliphatic heterocycles. The number of pyridine rings is 1. The Bertz CT molecular complexity index is 446. The van der Waals surface area contributed by atoms with E-state index in [2.05, 4.69) is 9.97 Å². The maximum atomic E-state index is 12.9. The molecule has 2 heterocycles. The Morgan fingerprint density at radius 3 is 2.38 bits per heavy atom. The van der Waals surface area contributed by atoms with Crippen molar-refractivity contribution < 1.29 is 4.39 Å². The molecule has 2 rings (SSSR count). The highest BCUT2D eigenvalue weighted by Crippen LogP contribution is 2.26. The van der Waals surface area contributed by atoms with Gasteiger partial charge in [0.1, 0.15) is 10.8 Å². The van der Waals surface area contributed by atoms with Gasteiger partial charge in [-0.2, -0.15) is 0 Å². The molecule has 0 bridgehead atoms. The minimum absolute atomic E-state index is 0.326. The second kappa shape index (κ2) is 5.70. The zero-order valence-electron chi connectivity index (χ0n) is 9.91. The van der Waals surface area contributed by atoms with E-state index in [1.54, 1.807) is 17.5 Å². The van der Waals surface area contributed by atoms with Gasteiger partial charge in [0.25, 0.3) is 0 Å². The van der Waals surface area contributed by atoms with Crippen molar-refractivity contribution in [2.45, 2.75) is 27.7 Å². The lowest BCUT2D eigenvalue weighted by molar-refractivity contribution is 0.622. The molecule has 0 atom stereocenters. The minimum Gasteiger partial charge on any atom is -0.261 e. The molecule has 86 valence electrons. The largest absolute Gasteiger partial charge is 0.261 e. The first-order valence-corrected chi connectivity index (χ1v) is 6.03. The van der Waals surface area contributed by atoms with E-state index in [4.69, 9.17) is 0 Å². The van der Waals surface area contributed by atoms with Gasteiger partial charge in [0.2, 0.25) is 0 Å². The number of hydrogen-bond acceptors (Lipinski definition) is 3. The van der Waals surface area contributed by atoms with Gasteiger partial charge >= 0.3 is 0 Å². The lowest BCUT2D eigenvalue weighted by Crippen LogP contribution is -1.82. The fraction of sp³-hybridized carbons (Fsp3) is 0.333. The van der Waals surface area contributed by atoms with Crippen molar-refractivity contribution in [3.8, 4) is 10.6 Å². The Morgan fingerprint density at radius 2 is 1.88 bits per heavy atom. The van der Waals surface area contributed by atoms with Crippen molar-refractivity contribution in [1.82, 2.24) is 9.97 Å². The zero-order chi connectivity index (χ0) is 12.1. The molecule has 0 saturated carbocycles. The second-order valence-corrected chi connectivity index (χ2v) is 4.26. The molecule has 0 unspecified atom stereocenters. The highest BCUT2D eigenvalue weighted by atomic mass is 32.1. The van der Waals surface area contributed by atoms with Crippen molar-refractivity contribution in [2.24, 2.45) is 0 Å². The Hall–Kier alpha value is -1.29. The fourth-order valence-corrected chi connectivity index (χ4v) is 2.02. The quantitative estimate of drug-likeness (QED) is 0.750. The zero-order valence-corrected chi connectivity index (χ0v) is 10.7. The molecule has 16 heavy (non-hydrogen) atoms. The lowest BCUT2D eigenvalue weighted by atomic mass is 10.3. The first-order valence-electron chi connectivity index (χ1n) is 5.22. The third-order valence-electron chi connectivity index (χ3n) is 1.98. The minimum atomic E-state index is -0.326. The molecule has 0 aromatic carbocycles. The summed E-state index contributed by atoms with van der Waals surface area (Å²) in [4.78, 5) is 9.28. The van der Waals surface area contributed by atoms with E-state index in [0.717, 1.165) is 21.1 Å². The molecular weight excluding hydrogens is 223 g/mol. The van der Waals surface area contributed by atoms with E-state index in [1.165, 1.54) is 12.3 Å². The van der Waals surface area contributed by atoms with Gasteiger partial charge in [0, 0.05) is 16.6 Å². The predicted octanol–water partition coefficient (Wildman–Crippen LogP) is 3.99. The Morgan fingerprint density at radius 1 is 1.19 bits per heavy atom. The molecule has 2 nitrogen and oxygen atoms in total. The highest BCUT2D eigenvalue weighted by molar-refractivity contribution is 7.15. The van der Waals surface area contributed by atoms with E-state index < -0.39 is 0 Å². The van der Waals surface area contributed by atoms with Crippen LogP contribution >= 0.6 is 11.3 Å². The summed E-state index contributed by atoms with van der Waals surface area (Å²) >= 11 is 1.56. The van der Waals surface area contributed by atoms with Crippen LogP contribution < -0.4 is 0 Å². The number of nitrogens with zero attached hydrogens (tertiary/aromatic N) is 2. The van der Waals surface area contributed by atoms with E-state index in [0.29, 0.717) is 0 Å². The molecule has 0 aliphatic rings. The van der Waals surface area contributed by atoms with E-state index in [1.807, 2.05) is 27.7 Å². The number of rotatable bonds is 1. The molecule has 0 spiro atoms. The molecule has 0 saturated heterocycles. The van der Waals surface area contributed by atoms with Crippen molar-refractivity contribution in [3.05, 3.63) is 34.8 Å². The smallest absolute Gasteiger partial charge is 0.142 e. The Labute approximate surface area is 99.2 Å². The molecule has 2 aromatic heterocycles. The maximum Gasteiger partial charge on any atom is 0.142 e. The maximum absolute atomic E-state index is 12.9. The number of aromatic nitrogens is 2. The molecule has 0 radical (unpaired) electrons. The van der Waals surface area contributed by atoms with Crippen LogP contribution in [0, 0.1) is 19.7 Å². The van der Waals surface area contributed by atoms with Crippen LogP contribution in [-0.2, 0) is 0 Å². The van der Waals surface area contributed by atoms with Gasteiger partial charge in [0.15, 0.2) is 0 Å². The number of halogens is 1. The van der Waals surface area contributed by atoms with Crippen LogP contribution in [0.1, 0.15) is 24.4 Å². The molecule has 0 N–H and O–H groups in total. The summed E-state index contributed by atoms with van der Waals surface area (Å²) in [6.45, 7) is 7.95. The monoisotopic (exact) mass is 238 g/mol. The summed E-state index contributed by atoms with van der Waals surface area (Å²) < 4.78 is 12.9. The van der Waals surface area contributed by atoms with Crippen LogP contribution in [-0.4, -0.2) is 9.97 Å². The van der Waals surface area contributed by atoms with E-state index in [9.17, 15) is 4.39 Å². The summed E-state index contributed by atoms with van der Waals surface area (Å²) in [7, 11) is 0. The van der Waals surface area contributed by atoms with E-state index >= 15 is 0 Å². The second-order valence-electron chi connectivity index (χ2n) is 3.05. The molecule has 0 amide bonds. The highest BCUT2D eigenvalue weighted by Gasteiger charge is 2.06. The third-order valence-corrected chi connectivity index (χ3v) is 3.10.